The third-order valence-corrected chi connectivity index (χ3v) is 5.80. The van der Waals surface area contributed by atoms with Crippen LogP contribution < -0.4 is 19.5 Å². The number of nitrogens with one attached hydrogen (secondary N) is 2. The Morgan fingerprint density at radius 3 is 2.19 bits per heavy atom. The van der Waals surface area contributed by atoms with Gasteiger partial charge in [-0.25, -0.2) is 13.4 Å². The summed E-state index contributed by atoms with van der Waals surface area (Å²) in [6.45, 7) is 4.53. The van der Waals surface area contributed by atoms with Crippen LogP contribution in [-0.2, 0) is 16.4 Å². The number of sulfonamides is 1. The van der Waals surface area contributed by atoms with Crippen LogP contribution in [0.2, 0.25) is 0 Å². The summed E-state index contributed by atoms with van der Waals surface area (Å²) in [5.74, 6) is 2.13. The average molecular weight is 442 g/mol. The highest BCUT2D eigenvalue weighted by molar-refractivity contribution is 7.92. The predicted molar refractivity (Wildman–Crippen MR) is 122 cm³/mol. The van der Waals surface area contributed by atoms with Gasteiger partial charge < -0.3 is 14.8 Å². The fourth-order valence-corrected chi connectivity index (χ4v) is 3.91. The zero-order valence-corrected chi connectivity index (χ0v) is 18.6. The third kappa shape index (κ3) is 6.62. The summed E-state index contributed by atoms with van der Waals surface area (Å²) in [4.78, 5) is 4.44. The monoisotopic (exact) mass is 441 g/mol. The van der Waals surface area contributed by atoms with Crippen molar-refractivity contribution in [3.05, 3.63) is 72.4 Å². The molecule has 31 heavy (non-hydrogen) atoms. The molecule has 0 bridgehead atoms. The van der Waals surface area contributed by atoms with Crippen LogP contribution in [0.1, 0.15) is 19.4 Å². The summed E-state index contributed by atoms with van der Waals surface area (Å²) in [6.07, 6.45) is 2.34. The molecule has 7 nitrogen and oxygen atoms in total. The van der Waals surface area contributed by atoms with E-state index in [1.165, 1.54) is 23.9 Å². The Morgan fingerprint density at radius 2 is 1.61 bits per heavy atom. The van der Waals surface area contributed by atoms with Crippen molar-refractivity contribution in [1.29, 1.82) is 0 Å². The summed E-state index contributed by atoms with van der Waals surface area (Å²) >= 11 is 0. The second-order valence-corrected chi connectivity index (χ2v) is 8.88. The van der Waals surface area contributed by atoms with E-state index in [-0.39, 0.29) is 11.0 Å². The van der Waals surface area contributed by atoms with Crippen molar-refractivity contribution in [1.82, 2.24) is 4.98 Å². The van der Waals surface area contributed by atoms with Crippen molar-refractivity contribution in [3.8, 4) is 11.5 Å². The molecule has 0 saturated carbocycles. The lowest BCUT2D eigenvalue weighted by atomic mass is 10.1. The Hall–Kier alpha value is -3.26. The van der Waals surface area contributed by atoms with Gasteiger partial charge in [0.1, 0.15) is 17.3 Å². The largest absolute Gasteiger partial charge is 0.497 e. The lowest BCUT2D eigenvalue weighted by molar-refractivity contribution is 0.242. The molecule has 164 valence electrons. The molecule has 3 rings (SSSR count). The molecule has 0 spiro atoms. The van der Waals surface area contributed by atoms with Crippen LogP contribution in [0.3, 0.4) is 0 Å². The number of aromatic nitrogens is 1. The van der Waals surface area contributed by atoms with Crippen LogP contribution in [0.15, 0.2) is 71.8 Å². The molecule has 0 radical (unpaired) electrons. The van der Waals surface area contributed by atoms with Gasteiger partial charge in [0.05, 0.1) is 30.0 Å². The SMILES string of the molecule is COc1ccc(CCNc2ccc(NS(=O)(=O)c3ccc(OC(C)C)cc3)cn2)cc1. The molecular formula is C23H27N3O4S. The third-order valence-electron chi connectivity index (χ3n) is 4.40. The Labute approximate surface area is 183 Å². The number of benzene rings is 2. The maximum atomic E-state index is 12.6. The predicted octanol–water partition coefficient (Wildman–Crippen LogP) is 4.33. The number of nitrogens with zero attached hydrogens (tertiary/aromatic N) is 1. The molecular weight excluding hydrogens is 414 g/mol. The molecule has 0 saturated heterocycles. The van der Waals surface area contributed by atoms with Crippen molar-refractivity contribution in [2.75, 3.05) is 23.7 Å². The van der Waals surface area contributed by atoms with Gasteiger partial charge in [-0.1, -0.05) is 12.1 Å². The van der Waals surface area contributed by atoms with Crippen LogP contribution >= 0.6 is 0 Å². The second-order valence-electron chi connectivity index (χ2n) is 7.20. The van der Waals surface area contributed by atoms with Crippen LogP contribution in [0.4, 0.5) is 11.5 Å². The Morgan fingerprint density at radius 1 is 0.935 bits per heavy atom. The average Bonchev–Trinajstić information content (AvgIpc) is 2.75. The number of methoxy groups -OCH3 is 1. The standard InChI is InChI=1S/C23H27N3O4S/c1-17(2)30-21-9-11-22(12-10-21)31(27,28)26-19-6-13-23(25-16-19)24-15-14-18-4-7-20(29-3)8-5-18/h4-13,16-17,26H,14-15H2,1-3H3,(H,24,25). The minimum Gasteiger partial charge on any atom is -0.497 e. The number of rotatable bonds is 10. The van der Waals surface area contributed by atoms with Gasteiger partial charge in [-0.3, -0.25) is 4.72 Å². The lowest BCUT2D eigenvalue weighted by Gasteiger charge is -2.12. The highest BCUT2D eigenvalue weighted by Crippen LogP contribution is 2.20. The molecule has 1 aromatic heterocycles. The molecule has 8 heteroatoms. The van der Waals surface area contributed by atoms with E-state index < -0.39 is 10.0 Å². The van der Waals surface area contributed by atoms with Gasteiger partial charge in [0.15, 0.2) is 0 Å². The zero-order chi connectivity index (χ0) is 22.3. The normalized spacial score (nSPS) is 11.2. The van der Waals surface area contributed by atoms with E-state index in [1.807, 2.05) is 38.1 Å². The first-order chi connectivity index (χ1) is 14.9. The first kappa shape index (κ1) is 22.4. The molecule has 0 aliphatic heterocycles. The van der Waals surface area contributed by atoms with E-state index in [9.17, 15) is 8.42 Å². The number of hydrogen-bond acceptors (Lipinski definition) is 6. The van der Waals surface area contributed by atoms with E-state index in [1.54, 1.807) is 31.4 Å². The maximum Gasteiger partial charge on any atom is 0.261 e. The summed E-state index contributed by atoms with van der Waals surface area (Å²) < 4.78 is 38.4. The molecule has 2 N–H and O–H groups in total. The summed E-state index contributed by atoms with van der Waals surface area (Å²) in [7, 11) is -2.06. The van der Waals surface area contributed by atoms with Gasteiger partial charge in [0.25, 0.3) is 10.0 Å². The molecule has 0 aliphatic rings. The Balaban J connectivity index is 1.54. The van der Waals surface area contributed by atoms with Crippen molar-refractivity contribution >= 4 is 21.5 Å². The molecule has 1 heterocycles. The van der Waals surface area contributed by atoms with Crippen LogP contribution in [0, 0.1) is 0 Å². The molecule has 3 aromatic rings. The summed E-state index contributed by atoms with van der Waals surface area (Å²) in [5, 5.41) is 3.23. The van der Waals surface area contributed by atoms with E-state index in [2.05, 4.69) is 15.0 Å². The van der Waals surface area contributed by atoms with Crippen LogP contribution in [0.5, 0.6) is 11.5 Å². The van der Waals surface area contributed by atoms with E-state index in [0.29, 0.717) is 23.8 Å². The molecule has 0 unspecified atom stereocenters. The van der Waals surface area contributed by atoms with Gasteiger partial charge in [0.2, 0.25) is 0 Å². The second kappa shape index (κ2) is 10.2. The highest BCUT2D eigenvalue weighted by Gasteiger charge is 2.14. The number of pyridine rings is 1. The first-order valence-electron chi connectivity index (χ1n) is 9.98. The fourth-order valence-electron chi connectivity index (χ4n) is 2.87. The van der Waals surface area contributed by atoms with Gasteiger partial charge in [-0.15, -0.1) is 0 Å². The molecule has 0 fully saturated rings. The first-order valence-corrected chi connectivity index (χ1v) is 11.5. The summed E-state index contributed by atoms with van der Waals surface area (Å²) in [5.41, 5.74) is 1.57. The van der Waals surface area contributed by atoms with E-state index in [4.69, 9.17) is 9.47 Å². The van der Waals surface area contributed by atoms with Gasteiger partial charge in [0, 0.05) is 6.54 Å². The van der Waals surface area contributed by atoms with Crippen LogP contribution in [-0.4, -0.2) is 33.2 Å². The molecule has 0 aliphatic carbocycles. The van der Waals surface area contributed by atoms with Gasteiger partial charge in [-0.2, -0.15) is 0 Å². The van der Waals surface area contributed by atoms with Crippen molar-refractivity contribution in [3.63, 3.8) is 0 Å². The summed E-state index contributed by atoms with van der Waals surface area (Å²) in [6, 6.07) is 17.6. The molecule has 2 aromatic carbocycles. The van der Waals surface area contributed by atoms with Gasteiger partial charge >= 0.3 is 0 Å². The quantitative estimate of drug-likeness (QED) is 0.487. The van der Waals surface area contributed by atoms with E-state index >= 15 is 0 Å². The van der Waals surface area contributed by atoms with Crippen molar-refractivity contribution < 1.29 is 17.9 Å². The smallest absolute Gasteiger partial charge is 0.261 e. The zero-order valence-electron chi connectivity index (χ0n) is 17.8. The molecule has 0 amide bonds. The number of hydrogen-bond donors (Lipinski definition) is 2. The van der Waals surface area contributed by atoms with Gasteiger partial charge in [-0.05, 0) is 74.4 Å². The highest BCUT2D eigenvalue weighted by atomic mass is 32.2. The maximum absolute atomic E-state index is 12.6. The topological polar surface area (TPSA) is 89.6 Å². The molecule has 0 atom stereocenters. The van der Waals surface area contributed by atoms with E-state index in [0.717, 1.165) is 12.2 Å². The van der Waals surface area contributed by atoms with Crippen LogP contribution in [0.25, 0.3) is 0 Å². The Bertz CT molecular complexity index is 1070. The minimum atomic E-state index is -3.71. The fraction of sp³-hybridized carbons (Fsp3) is 0.261. The number of ether oxygens (including phenoxy) is 2. The lowest BCUT2D eigenvalue weighted by Crippen LogP contribution is -2.13. The minimum absolute atomic E-state index is 0.0231. The number of anilines is 2. The Kier molecular flexibility index (Phi) is 7.36. The van der Waals surface area contributed by atoms with Crippen molar-refractivity contribution in [2.24, 2.45) is 0 Å². The van der Waals surface area contributed by atoms with Crippen molar-refractivity contribution in [2.45, 2.75) is 31.3 Å².